The lowest BCUT2D eigenvalue weighted by atomic mass is 10.1. The molecular weight excluding hydrogens is 206 g/mol. The van der Waals surface area contributed by atoms with Crippen LogP contribution in [0.1, 0.15) is 20.8 Å². The molecule has 2 amide bonds. The third-order valence-electron chi connectivity index (χ3n) is 2.91. The van der Waals surface area contributed by atoms with Crippen molar-refractivity contribution >= 4 is 11.8 Å². The van der Waals surface area contributed by atoms with Crippen LogP contribution >= 0.6 is 0 Å². The number of hydrogen-bond donors (Lipinski definition) is 2. The maximum absolute atomic E-state index is 11.6. The molecule has 1 saturated heterocycles. The second-order valence-corrected chi connectivity index (χ2v) is 4.59. The number of piperazine rings is 1. The largest absolute Gasteiger partial charge is 0.352 e. The Morgan fingerprint density at radius 1 is 1.50 bits per heavy atom. The summed E-state index contributed by atoms with van der Waals surface area (Å²) in [5, 5.41) is 5.87. The van der Waals surface area contributed by atoms with E-state index in [-0.39, 0.29) is 24.4 Å². The monoisotopic (exact) mass is 227 g/mol. The predicted octanol–water partition coefficient (Wildman–Crippen LogP) is -0.421. The van der Waals surface area contributed by atoms with Crippen LogP contribution < -0.4 is 10.6 Å². The minimum Gasteiger partial charge on any atom is -0.352 e. The number of amides is 2. The van der Waals surface area contributed by atoms with Crippen LogP contribution in [0.15, 0.2) is 0 Å². The van der Waals surface area contributed by atoms with Gasteiger partial charge in [-0.25, -0.2) is 0 Å². The number of rotatable bonds is 4. The smallest absolute Gasteiger partial charge is 0.239 e. The highest BCUT2D eigenvalue weighted by Gasteiger charge is 2.21. The Kier molecular flexibility index (Phi) is 4.73. The molecule has 0 saturated carbocycles. The topological polar surface area (TPSA) is 61.4 Å². The summed E-state index contributed by atoms with van der Waals surface area (Å²) in [5.74, 6) is 0.331. The summed E-state index contributed by atoms with van der Waals surface area (Å²) in [6.45, 7) is 7.98. The summed E-state index contributed by atoms with van der Waals surface area (Å²) in [6.07, 6.45) is 0. The van der Waals surface area contributed by atoms with Crippen molar-refractivity contribution in [2.75, 3.05) is 26.2 Å². The van der Waals surface area contributed by atoms with Crippen molar-refractivity contribution in [3.05, 3.63) is 0 Å². The molecular formula is C11H21N3O2. The third kappa shape index (κ3) is 3.81. The Bertz CT molecular complexity index is 266. The summed E-state index contributed by atoms with van der Waals surface area (Å²) in [4.78, 5) is 24.7. The zero-order chi connectivity index (χ0) is 12.1. The van der Waals surface area contributed by atoms with Gasteiger partial charge in [-0.15, -0.1) is 0 Å². The molecule has 5 heteroatoms. The minimum atomic E-state index is -0.0727. The standard InChI is InChI=1S/C11H21N3O2/c1-8(2)9(3)13-10(15)7-14-5-4-12-6-11(14)16/h8-9,12H,4-7H2,1-3H3,(H,13,15). The number of carbonyl (C=O) groups excluding carboxylic acids is 2. The van der Waals surface area contributed by atoms with Gasteiger partial charge in [-0.2, -0.15) is 0 Å². The minimum absolute atomic E-state index is 0.00130. The van der Waals surface area contributed by atoms with Crippen molar-refractivity contribution in [2.24, 2.45) is 5.92 Å². The fraction of sp³-hybridized carbons (Fsp3) is 0.818. The van der Waals surface area contributed by atoms with Gasteiger partial charge in [0.2, 0.25) is 11.8 Å². The van der Waals surface area contributed by atoms with Crippen LogP contribution in [-0.4, -0.2) is 48.9 Å². The van der Waals surface area contributed by atoms with Crippen LogP contribution in [0.2, 0.25) is 0 Å². The van der Waals surface area contributed by atoms with E-state index in [1.807, 2.05) is 6.92 Å². The Labute approximate surface area is 96.6 Å². The molecule has 0 bridgehead atoms. The Morgan fingerprint density at radius 3 is 2.75 bits per heavy atom. The van der Waals surface area contributed by atoms with E-state index in [1.54, 1.807) is 4.90 Å². The fourth-order valence-corrected chi connectivity index (χ4v) is 1.45. The summed E-state index contributed by atoms with van der Waals surface area (Å²) >= 11 is 0. The number of nitrogens with one attached hydrogen (secondary N) is 2. The Morgan fingerprint density at radius 2 is 2.19 bits per heavy atom. The molecule has 2 N–H and O–H groups in total. The molecule has 0 aliphatic carbocycles. The van der Waals surface area contributed by atoms with Gasteiger partial charge >= 0.3 is 0 Å². The van der Waals surface area contributed by atoms with Crippen molar-refractivity contribution in [2.45, 2.75) is 26.8 Å². The summed E-state index contributed by atoms with van der Waals surface area (Å²) in [5.41, 5.74) is 0. The first-order valence-electron chi connectivity index (χ1n) is 5.78. The Balaban J connectivity index is 2.35. The van der Waals surface area contributed by atoms with Crippen molar-refractivity contribution in [1.82, 2.24) is 15.5 Å². The number of nitrogens with zero attached hydrogens (tertiary/aromatic N) is 1. The van der Waals surface area contributed by atoms with Crippen LogP contribution in [0.3, 0.4) is 0 Å². The number of carbonyl (C=O) groups is 2. The van der Waals surface area contributed by atoms with E-state index in [1.165, 1.54) is 0 Å². The van der Waals surface area contributed by atoms with Crippen LogP contribution in [0, 0.1) is 5.92 Å². The quantitative estimate of drug-likeness (QED) is 0.685. The molecule has 1 rings (SSSR count). The maximum Gasteiger partial charge on any atom is 0.239 e. The van der Waals surface area contributed by atoms with E-state index in [0.29, 0.717) is 19.0 Å². The van der Waals surface area contributed by atoms with Gasteiger partial charge in [0, 0.05) is 19.1 Å². The first-order chi connectivity index (χ1) is 7.50. The normalized spacial score (nSPS) is 18.8. The molecule has 1 heterocycles. The molecule has 1 aliphatic rings. The molecule has 0 spiro atoms. The molecule has 0 radical (unpaired) electrons. The molecule has 0 aromatic rings. The maximum atomic E-state index is 11.6. The van der Waals surface area contributed by atoms with Gasteiger partial charge in [0.1, 0.15) is 0 Å². The van der Waals surface area contributed by atoms with E-state index in [2.05, 4.69) is 24.5 Å². The lowest BCUT2D eigenvalue weighted by Crippen LogP contribution is -2.52. The van der Waals surface area contributed by atoms with Gasteiger partial charge in [0.05, 0.1) is 13.1 Å². The van der Waals surface area contributed by atoms with Gasteiger partial charge in [0.25, 0.3) is 0 Å². The van der Waals surface area contributed by atoms with E-state index in [9.17, 15) is 9.59 Å². The zero-order valence-corrected chi connectivity index (χ0v) is 10.2. The second kappa shape index (κ2) is 5.84. The molecule has 1 atom stereocenters. The van der Waals surface area contributed by atoms with Crippen LogP contribution in [0.25, 0.3) is 0 Å². The van der Waals surface area contributed by atoms with Crippen molar-refractivity contribution < 1.29 is 9.59 Å². The zero-order valence-electron chi connectivity index (χ0n) is 10.2. The van der Waals surface area contributed by atoms with Crippen LogP contribution in [0.4, 0.5) is 0 Å². The summed E-state index contributed by atoms with van der Waals surface area (Å²) in [6, 6.07) is 0.144. The molecule has 1 aliphatic heterocycles. The lowest BCUT2D eigenvalue weighted by Gasteiger charge is -2.27. The van der Waals surface area contributed by atoms with E-state index < -0.39 is 0 Å². The molecule has 1 unspecified atom stereocenters. The average Bonchev–Trinajstić information content (AvgIpc) is 2.21. The highest BCUT2D eigenvalue weighted by Crippen LogP contribution is 2.00. The SMILES string of the molecule is CC(C)C(C)NC(=O)CN1CCNCC1=O. The molecule has 0 aromatic heterocycles. The van der Waals surface area contributed by atoms with Gasteiger partial charge in [-0.05, 0) is 12.8 Å². The molecule has 16 heavy (non-hydrogen) atoms. The first kappa shape index (κ1) is 13.0. The van der Waals surface area contributed by atoms with E-state index >= 15 is 0 Å². The highest BCUT2D eigenvalue weighted by molar-refractivity contribution is 5.86. The molecule has 5 nitrogen and oxygen atoms in total. The molecule has 1 fully saturated rings. The van der Waals surface area contributed by atoms with Crippen molar-refractivity contribution in [3.63, 3.8) is 0 Å². The summed E-state index contributed by atoms with van der Waals surface area (Å²) in [7, 11) is 0. The summed E-state index contributed by atoms with van der Waals surface area (Å²) < 4.78 is 0. The highest BCUT2D eigenvalue weighted by atomic mass is 16.2. The third-order valence-corrected chi connectivity index (χ3v) is 2.91. The van der Waals surface area contributed by atoms with Crippen LogP contribution in [0.5, 0.6) is 0 Å². The van der Waals surface area contributed by atoms with Crippen molar-refractivity contribution in [1.29, 1.82) is 0 Å². The van der Waals surface area contributed by atoms with E-state index in [0.717, 1.165) is 6.54 Å². The van der Waals surface area contributed by atoms with Crippen LogP contribution in [-0.2, 0) is 9.59 Å². The van der Waals surface area contributed by atoms with E-state index in [4.69, 9.17) is 0 Å². The predicted molar refractivity (Wildman–Crippen MR) is 61.9 cm³/mol. The lowest BCUT2D eigenvalue weighted by molar-refractivity contribution is -0.137. The average molecular weight is 227 g/mol. The first-order valence-corrected chi connectivity index (χ1v) is 5.78. The van der Waals surface area contributed by atoms with Crippen molar-refractivity contribution in [3.8, 4) is 0 Å². The Hall–Kier alpha value is -1.10. The number of hydrogen-bond acceptors (Lipinski definition) is 3. The van der Waals surface area contributed by atoms with Gasteiger partial charge in [0.15, 0.2) is 0 Å². The van der Waals surface area contributed by atoms with Gasteiger partial charge in [-0.3, -0.25) is 9.59 Å². The van der Waals surface area contributed by atoms with Gasteiger partial charge < -0.3 is 15.5 Å². The second-order valence-electron chi connectivity index (χ2n) is 4.59. The molecule has 92 valence electrons. The van der Waals surface area contributed by atoms with Gasteiger partial charge in [-0.1, -0.05) is 13.8 Å². The fourth-order valence-electron chi connectivity index (χ4n) is 1.45. The molecule has 0 aromatic carbocycles.